The number of likely N-dealkylation sites (tertiary alicyclic amines) is 1. The molecular formula is C17H19F3N2O4. The highest BCUT2D eigenvalue weighted by atomic mass is 19.4. The number of alkyl halides is 3. The molecule has 0 saturated carbocycles. The number of nitrogens with zero attached hydrogens (tertiary/aromatic N) is 1. The quantitative estimate of drug-likeness (QED) is 0.772. The average molecular weight is 372 g/mol. The number of H-pyrrole nitrogens is 1. The van der Waals surface area contributed by atoms with Crippen LogP contribution in [0.25, 0.3) is 10.9 Å². The van der Waals surface area contributed by atoms with Crippen LogP contribution in [-0.4, -0.2) is 58.2 Å². The maximum absolute atomic E-state index is 12.7. The Bertz CT molecular complexity index is 790. The Morgan fingerprint density at radius 1 is 1.31 bits per heavy atom. The van der Waals surface area contributed by atoms with Crippen LogP contribution in [0.2, 0.25) is 0 Å². The van der Waals surface area contributed by atoms with Crippen LogP contribution in [0.15, 0.2) is 24.3 Å². The van der Waals surface area contributed by atoms with Crippen molar-refractivity contribution in [2.24, 2.45) is 5.92 Å². The number of hydrogen-bond donors (Lipinski definition) is 3. The van der Waals surface area contributed by atoms with E-state index in [1.165, 1.54) is 23.1 Å². The molecule has 3 rings (SSSR count). The first kappa shape index (κ1) is 18.5. The molecule has 0 aliphatic carbocycles. The number of aromatic nitrogens is 1. The Morgan fingerprint density at radius 2 is 2.04 bits per heavy atom. The highest BCUT2D eigenvalue weighted by molar-refractivity contribution is 5.99. The minimum atomic E-state index is -4.82. The lowest BCUT2D eigenvalue weighted by Gasteiger charge is -2.19. The lowest BCUT2D eigenvalue weighted by molar-refractivity contribution is -0.274. The van der Waals surface area contributed by atoms with E-state index in [0.29, 0.717) is 31.4 Å². The molecule has 2 heterocycles. The monoisotopic (exact) mass is 372 g/mol. The Hall–Kier alpha value is -2.26. The van der Waals surface area contributed by atoms with Crippen molar-refractivity contribution in [1.29, 1.82) is 0 Å². The molecule has 0 bridgehead atoms. The predicted molar refractivity (Wildman–Crippen MR) is 86.7 cm³/mol. The summed E-state index contributed by atoms with van der Waals surface area (Å²) in [5.74, 6) is -1.04. The van der Waals surface area contributed by atoms with Gasteiger partial charge in [0, 0.05) is 36.5 Å². The zero-order valence-electron chi connectivity index (χ0n) is 13.8. The van der Waals surface area contributed by atoms with Gasteiger partial charge in [-0.3, -0.25) is 4.79 Å². The standard InChI is InChI=1S/C17H19F3N2O4/c18-17(19,20)26-15-3-1-2-12-11(15)8-13(21-12)16(25)22-6-4-10(9-23)14(24)5-7-22/h1-3,8,10,14,21,23-24H,4-7,9H2. The number of ether oxygens (including phenoxy) is 1. The van der Waals surface area contributed by atoms with E-state index >= 15 is 0 Å². The second kappa shape index (κ2) is 7.16. The molecule has 1 aromatic carbocycles. The third-order valence-electron chi connectivity index (χ3n) is 4.61. The largest absolute Gasteiger partial charge is 0.573 e. The predicted octanol–water partition coefficient (Wildman–Crippen LogP) is 2.27. The Labute approximate surface area is 147 Å². The summed E-state index contributed by atoms with van der Waals surface area (Å²) in [4.78, 5) is 17.1. The zero-order chi connectivity index (χ0) is 18.9. The molecule has 1 aromatic heterocycles. The van der Waals surface area contributed by atoms with Crippen LogP contribution in [0.3, 0.4) is 0 Å². The van der Waals surface area contributed by atoms with E-state index in [1.807, 2.05) is 0 Å². The fourth-order valence-corrected chi connectivity index (χ4v) is 3.19. The van der Waals surface area contributed by atoms with Gasteiger partial charge in [-0.05, 0) is 31.0 Å². The van der Waals surface area contributed by atoms with Crippen LogP contribution >= 0.6 is 0 Å². The number of rotatable bonds is 3. The fraction of sp³-hybridized carbons (Fsp3) is 0.471. The van der Waals surface area contributed by atoms with Crippen LogP contribution in [0.1, 0.15) is 23.3 Å². The second-order valence-corrected chi connectivity index (χ2v) is 6.33. The Balaban J connectivity index is 1.84. The molecule has 142 valence electrons. The summed E-state index contributed by atoms with van der Waals surface area (Å²) in [6, 6.07) is 5.49. The number of nitrogens with one attached hydrogen (secondary N) is 1. The molecule has 1 fully saturated rings. The number of carbonyl (C=O) groups is 1. The van der Waals surface area contributed by atoms with E-state index in [-0.39, 0.29) is 35.3 Å². The number of aromatic amines is 1. The molecule has 26 heavy (non-hydrogen) atoms. The van der Waals surface area contributed by atoms with Gasteiger partial charge >= 0.3 is 6.36 Å². The van der Waals surface area contributed by atoms with Crippen LogP contribution in [0.4, 0.5) is 13.2 Å². The molecule has 6 nitrogen and oxygen atoms in total. The van der Waals surface area contributed by atoms with Gasteiger partial charge in [0.05, 0.1) is 6.10 Å². The number of aliphatic hydroxyl groups is 2. The van der Waals surface area contributed by atoms with Crippen molar-refractivity contribution in [3.8, 4) is 5.75 Å². The average Bonchev–Trinajstić information content (AvgIpc) is 2.92. The minimum absolute atomic E-state index is 0.148. The van der Waals surface area contributed by atoms with Crippen molar-refractivity contribution in [2.45, 2.75) is 25.3 Å². The van der Waals surface area contributed by atoms with Gasteiger partial charge in [0.15, 0.2) is 0 Å². The van der Waals surface area contributed by atoms with Gasteiger partial charge in [0.2, 0.25) is 0 Å². The normalized spacial score (nSPS) is 21.7. The summed E-state index contributed by atoms with van der Waals surface area (Å²) in [6.45, 7) is 0.494. The second-order valence-electron chi connectivity index (χ2n) is 6.33. The molecule has 1 amide bonds. The van der Waals surface area contributed by atoms with Gasteiger partial charge in [-0.25, -0.2) is 0 Å². The summed E-state index contributed by atoms with van der Waals surface area (Å²) in [5, 5.41) is 19.4. The number of hydrogen-bond acceptors (Lipinski definition) is 4. The molecule has 0 radical (unpaired) electrons. The number of aliphatic hydroxyl groups excluding tert-OH is 2. The van der Waals surface area contributed by atoms with Crippen molar-refractivity contribution < 1.29 is 32.9 Å². The third-order valence-corrected chi connectivity index (χ3v) is 4.61. The molecule has 2 unspecified atom stereocenters. The van der Waals surface area contributed by atoms with Crippen molar-refractivity contribution in [3.05, 3.63) is 30.0 Å². The third kappa shape index (κ3) is 3.94. The minimum Gasteiger partial charge on any atom is -0.405 e. The smallest absolute Gasteiger partial charge is 0.405 e. The van der Waals surface area contributed by atoms with Gasteiger partial charge < -0.3 is 24.8 Å². The lowest BCUT2D eigenvalue weighted by Crippen LogP contribution is -2.32. The van der Waals surface area contributed by atoms with E-state index < -0.39 is 12.5 Å². The summed E-state index contributed by atoms with van der Waals surface area (Å²) >= 11 is 0. The van der Waals surface area contributed by atoms with Crippen LogP contribution < -0.4 is 4.74 Å². The van der Waals surface area contributed by atoms with E-state index in [2.05, 4.69) is 9.72 Å². The van der Waals surface area contributed by atoms with Crippen molar-refractivity contribution in [2.75, 3.05) is 19.7 Å². The highest BCUT2D eigenvalue weighted by Gasteiger charge is 2.32. The zero-order valence-corrected chi connectivity index (χ0v) is 13.8. The summed E-state index contributed by atoms with van der Waals surface area (Å²) < 4.78 is 41.6. The van der Waals surface area contributed by atoms with Crippen molar-refractivity contribution >= 4 is 16.8 Å². The van der Waals surface area contributed by atoms with E-state index in [1.54, 1.807) is 6.07 Å². The number of fused-ring (bicyclic) bond motifs is 1. The maximum Gasteiger partial charge on any atom is 0.573 e. The molecular weight excluding hydrogens is 353 g/mol. The van der Waals surface area contributed by atoms with E-state index in [0.717, 1.165) is 0 Å². The van der Waals surface area contributed by atoms with Gasteiger partial charge in [0.25, 0.3) is 5.91 Å². The number of amides is 1. The maximum atomic E-state index is 12.7. The fourth-order valence-electron chi connectivity index (χ4n) is 3.19. The van der Waals surface area contributed by atoms with Gasteiger partial charge in [-0.2, -0.15) is 0 Å². The first-order valence-electron chi connectivity index (χ1n) is 8.24. The van der Waals surface area contributed by atoms with Crippen molar-refractivity contribution in [1.82, 2.24) is 9.88 Å². The lowest BCUT2D eigenvalue weighted by atomic mass is 9.99. The molecule has 1 aliphatic rings. The van der Waals surface area contributed by atoms with Gasteiger partial charge in [0.1, 0.15) is 11.4 Å². The first-order chi connectivity index (χ1) is 12.3. The van der Waals surface area contributed by atoms with Crippen molar-refractivity contribution in [3.63, 3.8) is 0 Å². The van der Waals surface area contributed by atoms with Crippen LogP contribution in [0, 0.1) is 5.92 Å². The number of benzene rings is 1. The number of halogens is 3. The molecule has 2 aromatic rings. The first-order valence-corrected chi connectivity index (χ1v) is 8.24. The van der Waals surface area contributed by atoms with Gasteiger partial charge in [-0.15, -0.1) is 13.2 Å². The number of carbonyl (C=O) groups excluding carboxylic acids is 1. The molecule has 1 saturated heterocycles. The molecule has 2 atom stereocenters. The highest BCUT2D eigenvalue weighted by Crippen LogP contribution is 2.31. The topological polar surface area (TPSA) is 85.8 Å². The summed E-state index contributed by atoms with van der Waals surface area (Å²) in [5.41, 5.74) is 0.508. The summed E-state index contributed by atoms with van der Waals surface area (Å²) in [7, 11) is 0. The SMILES string of the molecule is O=C(c1cc2c(OC(F)(F)F)cccc2[nH]1)N1CCC(O)C(CO)CC1. The molecule has 0 spiro atoms. The Morgan fingerprint density at radius 3 is 2.73 bits per heavy atom. The van der Waals surface area contributed by atoms with E-state index in [4.69, 9.17) is 0 Å². The molecule has 3 N–H and O–H groups in total. The molecule has 1 aliphatic heterocycles. The van der Waals surface area contributed by atoms with Crippen LogP contribution in [-0.2, 0) is 0 Å². The van der Waals surface area contributed by atoms with E-state index in [9.17, 15) is 28.2 Å². The summed E-state index contributed by atoms with van der Waals surface area (Å²) in [6.07, 6.45) is -4.73. The molecule has 9 heteroatoms. The van der Waals surface area contributed by atoms with Gasteiger partial charge in [-0.1, -0.05) is 6.07 Å². The van der Waals surface area contributed by atoms with Crippen LogP contribution in [0.5, 0.6) is 5.75 Å². The Kier molecular flexibility index (Phi) is 5.10.